The van der Waals surface area contributed by atoms with Gasteiger partial charge >= 0.3 is 0 Å². The highest BCUT2D eigenvalue weighted by Crippen LogP contribution is 2.43. The summed E-state index contributed by atoms with van der Waals surface area (Å²) in [5, 5.41) is 6.16. The lowest BCUT2D eigenvalue weighted by Crippen LogP contribution is -2.46. The van der Waals surface area contributed by atoms with Crippen LogP contribution >= 0.6 is 11.5 Å². The van der Waals surface area contributed by atoms with Crippen molar-refractivity contribution >= 4 is 17.4 Å². The molecule has 1 amide bonds. The van der Waals surface area contributed by atoms with Gasteiger partial charge in [0.25, 0.3) is 5.91 Å². The average molecular weight is 302 g/mol. The zero-order valence-electron chi connectivity index (χ0n) is 12.0. The van der Waals surface area contributed by atoms with E-state index in [-0.39, 0.29) is 5.91 Å². The summed E-state index contributed by atoms with van der Waals surface area (Å²) in [6.45, 7) is 0. The number of aromatic nitrogens is 3. The fourth-order valence-corrected chi connectivity index (χ4v) is 4.49. The van der Waals surface area contributed by atoms with Gasteiger partial charge in [-0.15, -0.1) is 0 Å². The van der Waals surface area contributed by atoms with Crippen LogP contribution in [-0.4, -0.2) is 37.0 Å². The van der Waals surface area contributed by atoms with Crippen LogP contribution in [0.25, 0.3) is 0 Å². The molecule has 21 heavy (non-hydrogen) atoms. The third-order valence-corrected chi connectivity index (χ3v) is 5.46. The first-order valence-corrected chi connectivity index (χ1v) is 8.28. The van der Waals surface area contributed by atoms with E-state index in [9.17, 15) is 4.79 Å². The van der Waals surface area contributed by atoms with Crippen molar-refractivity contribution in [3.05, 3.63) is 35.1 Å². The van der Waals surface area contributed by atoms with Gasteiger partial charge in [0.1, 0.15) is 5.69 Å². The molecule has 4 rings (SSSR count). The fraction of sp³-hybridized carbons (Fsp3) is 0.533. The number of nitrogens with zero attached hydrogens (tertiary/aromatic N) is 4. The Kier molecular flexibility index (Phi) is 3.06. The summed E-state index contributed by atoms with van der Waals surface area (Å²) in [6, 6.07) is 4.66. The Balaban J connectivity index is 1.57. The zero-order valence-corrected chi connectivity index (χ0v) is 12.8. The van der Waals surface area contributed by atoms with Crippen LogP contribution in [0.15, 0.2) is 23.7 Å². The van der Waals surface area contributed by atoms with E-state index < -0.39 is 0 Å². The second-order valence-corrected chi connectivity index (χ2v) is 6.70. The standard InChI is InChI=1S/C15H18N4OS/c1-18-14(4-6-16-18)10-8-11-2-3-12(9-10)19(11)15(20)13-5-7-21-17-13/h4-7,10-12H,2-3,8-9H2,1H3. The SMILES string of the molecule is Cn1nccc1C1CC2CCC(C1)N2C(=O)c1ccsn1. The molecular formula is C15H18N4OS. The second kappa shape index (κ2) is 4.94. The van der Waals surface area contributed by atoms with E-state index in [1.54, 1.807) is 0 Å². The number of hydrogen-bond donors (Lipinski definition) is 0. The number of rotatable bonds is 2. The maximum Gasteiger partial charge on any atom is 0.274 e. The number of hydrogen-bond acceptors (Lipinski definition) is 4. The van der Waals surface area contributed by atoms with Crippen LogP contribution in [0, 0.1) is 0 Å². The first-order chi connectivity index (χ1) is 10.2. The Morgan fingerprint density at radius 3 is 2.62 bits per heavy atom. The molecule has 2 atom stereocenters. The van der Waals surface area contributed by atoms with Crippen molar-refractivity contribution in [1.29, 1.82) is 0 Å². The Morgan fingerprint density at radius 1 is 1.29 bits per heavy atom. The number of amides is 1. The maximum absolute atomic E-state index is 12.6. The van der Waals surface area contributed by atoms with Crippen LogP contribution in [0.5, 0.6) is 0 Å². The summed E-state index contributed by atoms with van der Waals surface area (Å²) in [5.74, 6) is 0.640. The quantitative estimate of drug-likeness (QED) is 0.856. The summed E-state index contributed by atoms with van der Waals surface area (Å²) in [5.41, 5.74) is 1.91. The summed E-state index contributed by atoms with van der Waals surface area (Å²) >= 11 is 1.35. The molecule has 0 aromatic carbocycles. The third-order valence-electron chi connectivity index (χ3n) is 4.90. The highest BCUT2D eigenvalue weighted by molar-refractivity contribution is 7.03. The molecule has 2 aliphatic heterocycles. The van der Waals surface area contributed by atoms with E-state index in [4.69, 9.17) is 0 Å². The molecule has 2 aliphatic rings. The van der Waals surface area contributed by atoms with Gasteiger partial charge in [0, 0.05) is 42.3 Å². The minimum atomic E-state index is 0.118. The zero-order chi connectivity index (χ0) is 14.4. The average Bonchev–Trinajstić information content (AvgIpc) is 3.19. The molecule has 110 valence electrons. The summed E-state index contributed by atoms with van der Waals surface area (Å²) in [7, 11) is 2.00. The molecule has 0 spiro atoms. The molecule has 5 nitrogen and oxygen atoms in total. The van der Waals surface area contributed by atoms with Crippen LogP contribution in [0.4, 0.5) is 0 Å². The molecule has 0 saturated carbocycles. The molecule has 0 aliphatic carbocycles. The van der Waals surface area contributed by atoms with Crippen molar-refractivity contribution in [3.63, 3.8) is 0 Å². The molecule has 4 heterocycles. The van der Waals surface area contributed by atoms with E-state index in [1.165, 1.54) is 17.2 Å². The normalized spacial score (nSPS) is 28.0. The summed E-state index contributed by atoms with van der Waals surface area (Å²) < 4.78 is 6.18. The molecule has 0 radical (unpaired) electrons. The van der Waals surface area contributed by atoms with Crippen molar-refractivity contribution in [2.75, 3.05) is 0 Å². The van der Waals surface area contributed by atoms with Gasteiger partial charge in [0.2, 0.25) is 0 Å². The van der Waals surface area contributed by atoms with E-state index >= 15 is 0 Å². The highest BCUT2D eigenvalue weighted by atomic mass is 32.1. The lowest BCUT2D eigenvalue weighted by Gasteiger charge is -2.38. The van der Waals surface area contributed by atoms with Gasteiger partial charge in [-0.05, 0) is 49.3 Å². The summed E-state index contributed by atoms with van der Waals surface area (Å²) in [4.78, 5) is 14.7. The van der Waals surface area contributed by atoms with Crippen LogP contribution < -0.4 is 0 Å². The Hall–Kier alpha value is -1.69. The molecule has 2 bridgehead atoms. The van der Waals surface area contributed by atoms with Crippen molar-refractivity contribution in [1.82, 2.24) is 19.1 Å². The largest absolute Gasteiger partial charge is 0.331 e. The smallest absolute Gasteiger partial charge is 0.274 e. The predicted octanol–water partition coefficient (Wildman–Crippen LogP) is 2.43. The molecule has 2 aromatic heterocycles. The van der Waals surface area contributed by atoms with E-state index in [2.05, 4.69) is 20.4 Å². The number of carbonyl (C=O) groups excluding carboxylic acids is 1. The number of carbonyl (C=O) groups is 1. The van der Waals surface area contributed by atoms with Crippen molar-refractivity contribution in [2.45, 2.75) is 43.7 Å². The van der Waals surface area contributed by atoms with E-state index in [1.807, 2.05) is 29.4 Å². The summed E-state index contributed by atoms with van der Waals surface area (Å²) in [6.07, 6.45) is 6.20. The van der Waals surface area contributed by atoms with Crippen LogP contribution in [-0.2, 0) is 7.05 Å². The van der Waals surface area contributed by atoms with Gasteiger partial charge in [-0.25, -0.2) is 0 Å². The fourth-order valence-electron chi connectivity index (χ4n) is 3.99. The van der Waals surface area contributed by atoms with Crippen LogP contribution in [0.2, 0.25) is 0 Å². The monoisotopic (exact) mass is 302 g/mol. The van der Waals surface area contributed by atoms with Crippen molar-refractivity contribution in [3.8, 4) is 0 Å². The Morgan fingerprint density at radius 2 is 2.05 bits per heavy atom. The van der Waals surface area contributed by atoms with Crippen molar-refractivity contribution < 1.29 is 4.79 Å². The first kappa shape index (κ1) is 13.0. The minimum Gasteiger partial charge on any atom is -0.331 e. The topological polar surface area (TPSA) is 51.0 Å². The number of fused-ring (bicyclic) bond motifs is 2. The molecule has 2 unspecified atom stereocenters. The Labute approximate surface area is 127 Å². The van der Waals surface area contributed by atoms with Gasteiger partial charge in [-0.2, -0.15) is 9.47 Å². The number of aryl methyl sites for hydroxylation is 1. The molecule has 2 aromatic rings. The highest BCUT2D eigenvalue weighted by Gasteiger charge is 2.44. The third kappa shape index (κ3) is 2.09. The molecule has 0 N–H and O–H groups in total. The van der Waals surface area contributed by atoms with Gasteiger partial charge in [0.15, 0.2) is 0 Å². The van der Waals surface area contributed by atoms with Gasteiger partial charge in [0.05, 0.1) is 0 Å². The predicted molar refractivity (Wildman–Crippen MR) is 80.3 cm³/mol. The first-order valence-electron chi connectivity index (χ1n) is 7.45. The van der Waals surface area contributed by atoms with Gasteiger partial charge < -0.3 is 4.90 Å². The minimum absolute atomic E-state index is 0.118. The number of piperidine rings is 1. The molecule has 2 saturated heterocycles. The van der Waals surface area contributed by atoms with Gasteiger partial charge in [-0.3, -0.25) is 9.48 Å². The van der Waals surface area contributed by atoms with Crippen LogP contribution in [0.3, 0.4) is 0 Å². The maximum atomic E-state index is 12.6. The molecular weight excluding hydrogens is 284 g/mol. The van der Waals surface area contributed by atoms with Crippen molar-refractivity contribution in [2.24, 2.45) is 7.05 Å². The van der Waals surface area contributed by atoms with Crippen LogP contribution in [0.1, 0.15) is 47.8 Å². The Bertz CT molecular complexity index is 636. The van der Waals surface area contributed by atoms with Gasteiger partial charge in [-0.1, -0.05) is 0 Å². The van der Waals surface area contributed by atoms with E-state index in [0.717, 1.165) is 25.7 Å². The second-order valence-electron chi connectivity index (χ2n) is 6.03. The lowest BCUT2D eigenvalue weighted by atomic mass is 9.88. The molecule has 6 heteroatoms. The lowest BCUT2D eigenvalue weighted by molar-refractivity contribution is 0.0563. The molecule has 2 fully saturated rings. The van der Waals surface area contributed by atoms with E-state index in [0.29, 0.717) is 23.7 Å².